The summed E-state index contributed by atoms with van der Waals surface area (Å²) in [6, 6.07) is 0. The fourth-order valence-electron chi connectivity index (χ4n) is 7.46. The van der Waals surface area contributed by atoms with Gasteiger partial charge in [0.2, 0.25) is 0 Å². The largest absolute Gasteiger partial charge is 0.459 e. The summed E-state index contributed by atoms with van der Waals surface area (Å²) in [5.41, 5.74) is -0.266. The van der Waals surface area contributed by atoms with Crippen molar-refractivity contribution in [2.45, 2.75) is 77.7 Å². The van der Waals surface area contributed by atoms with Crippen molar-refractivity contribution in [1.82, 2.24) is 0 Å². The van der Waals surface area contributed by atoms with Crippen LogP contribution in [0.4, 0.5) is 0 Å². The Morgan fingerprint density at radius 1 is 1.08 bits per heavy atom. The number of ether oxygens (including phenoxy) is 1. The molecule has 0 amide bonds. The standard InChI is InChI=1S/C22H36O4/c1-4-5-16-6-13(2)19(12-25-24)20(16)21(23)26-22(3)17-8-14-7-15(10-17)11-18(22)9-14/h13-20,24H,4-12H2,1-3H3. The van der Waals surface area contributed by atoms with E-state index in [-0.39, 0.29) is 30.0 Å². The SMILES string of the molecule is CCCC1CC(C)C(COO)C1C(=O)OC1(C)C2CC3CC(C2)CC1C3. The molecule has 4 bridgehead atoms. The molecule has 0 aromatic rings. The summed E-state index contributed by atoms with van der Waals surface area (Å²) >= 11 is 0. The van der Waals surface area contributed by atoms with Crippen LogP contribution in [0.15, 0.2) is 0 Å². The molecule has 0 aromatic carbocycles. The Balaban J connectivity index is 1.52. The molecule has 148 valence electrons. The number of carbonyl (C=O) groups excluding carboxylic acids is 1. The number of esters is 1. The van der Waals surface area contributed by atoms with Crippen LogP contribution in [-0.4, -0.2) is 23.4 Å². The maximum atomic E-state index is 13.4. The van der Waals surface area contributed by atoms with Gasteiger partial charge in [0.25, 0.3) is 0 Å². The van der Waals surface area contributed by atoms with Gasteiger partial charge in [-0.1, -0.05) is 20.3 Å². The maximum Gasteiger partial charge on any atom is 0.310 e. The fourth-order valence-corrected chi connectivity index (χ4v) is 7.46. The molecule has 0 saturated heterocycles. The Labute approximate surface area is 157 Å². The molecule has 5 fully saturated rings. The van der Waals surface area contributed by atoms with Crippen LogP contribution in [-0.2, 0) is 14.4 Å². The average molecular weight is 365 g/mol. The number of rotatable bonds is 6. The zero-order valence-electron chi connectivity index (χ0n) is 16.7. The molecule has 26 heavy (non-hydrogen) atoms. The molecular formula is C22H36O4. The Morgan fingerprint density at radius 3 is 2.23 bits per heavy atom. The monoisotopic (exact) mass is 364 g/mol. The molecule has 0 aromatic heterocycles. The van der Waals surface area contributed by atoms with Crippen LogP contribution in [0.2, 0.25) is 0 Å². The van der Waals surface area contributed by atoms with Crippen molar-refractivity contribution in [2.24, 2.45) is 47.3 Å². The predicted octanol–water partition coefficient (Wildman–Crippen LogP) is 4.92. The average Bonchev–Trinajstić information content (AvgIpc) is 2.88. The fraction of sp³-hybridized carbons (Fsp3) is 0.955. The van der Waals surface area contributed by atoms with Gasteiger partial charge in [-0.3, -0.25) is 10.1 Å². The van der Waals surface area contributed by atoms with Crippen LogP contribution >= 0.6 is 0 Å². The Hall–Kier alpha value is -0.610. The van der Waals surface area contributed by atoms with E-state index in [1.54, 1.807) is 0 Å². The molecule has 0 aliphatic heterocycles. The van der Waals surface area contributed by atoms with Crippen molar-refractivity contribution < 1.29 is 19.7 Å². The van der Waals surface area contributed by atoms with Crippen LogP contribution in [0.25, 0.3) is 0 Å². The van der Waals surface area contributed by atoms with Gasteiger partial charge in [-0.05, 0) is 87.4 Å². The summed E-state index contributed by atoms with van der Waals surface area (Å²) < 4.78 is 6.42. The minimum absolute atomic E-state index is 0.00942. The Kier molecular flexibility index (Phi) is 5.11. The van der Waals surface area contributed by atoms with Crippen LogP contribution in [0, 0.1) is 47.3 Å². The predicted molar refractivity (Wildman–Crippen MR) is 99.3 cm³/mol. The molecule has 4 unspecified atom stereocenters. The quantitative estimate of drug-likeness (QED) is 0.413. The summed E-state index contributed by atoms with van der Waals surface area (Å²) in [7, 11) is 0. The van der Waals surface area contributed by atoms with E-state index in [0.29, 0.717) is 23.7 Å². The van der Waals surface area contributed by atoms with Crippen molar-refractivity contribution in [1.29, 1.82) is 0 Å². The summed E-state index contributed by atoms with van der Waals surface area (Å²) in [4.78, 5) is 17.9. The lowest BCUT2D eigenvalue weighted by molar-refractivity contribution is -0.257. The van der Waals surface area contributed by atoms with E-state index >= 15 is 0 Å². The molecule has 5 aliphatic rings. The second-order valence-electron chi connectivity index (χ2n) is 10.2. The van der Waals surface area contributed by atoms with Crippen molar-refractivity contribution in [3.05, 3.63) is 0 Å². The van der Waals surface area contributed by atoms with E-state index < -0.39 is 0 Å². The molecule has 4 atom stereocenters. The third-order valence-corrected chi connectivity index (χ3v) is 8.65. The van der Waals surface area contributed by atoms with E-state index in [9.17, 15) is 4.79 Å². The van der Waals surface area contributed by atoms with Gasteiger partial charge in [0.1, 0.15) is 5.60 Å². The van der Waals surface area contributed by atoms with Gasteiger partial charge in [0.05, 0.1) is 12.5 Å². The molecule has 4 nitrogen and oxygen atoms in total. The maximum absolute atomic E-state index is 13.4. The Bertz CT molecular complexity index is 502. The summed E-state index contributed by atoms with van der Waals surface area (Å²) in [6.07, 6.45) is 9.58. The minimum atomic E-state index is -0.266. The van der Waals surface area contributed by atoms with E-state index in [1.807, 2.05) is 0 Å². The number of carbonyl (C=O) groups is 1. The first-order valence-electron chi connectivity index (χ1n) is 10.9. The highest BCUT2D eigenvalue weighted by atomic mass is 17.1. The minimum Gasteiger partial charge on any atom is -0.459 e. The van der Waals surface area contributed by atoms with Gasteiger partial charge < -0.3 is 4.74 Å². The lowest BCUT2D eigenvalue weighted by atomic mass is 9.50. The van der Waals surface area contributed by atoms with Gasteiger partial charge in [-0.25, -0.2) is 4.89 Å². The molecular weight excluding hydrogens is 328 g/mol. The van der Waals surface area contributed by atoms with Crippen molar-refractivity contribution >= 4 is 5.97 Å². The van der Waals surface area contributed by atoms with Gasteiger partial charge in [-0.15, -0.1) is 0 Å². The summed E-state index contributed by atoms with van der Waals surface area (Å²) in [5.74, 6) is 3.56. The summed E-state index contributed by atoms with van der Waals surface area (Å²) in [6.45, 7) is 6.84. The van der Waals surface area contributed by atoms with E-state index in [2.05, 4.69) is 25.7 Å². The lowest BCUT2D eigenvalue weighted by Crippen LogP contribution is -2.58. The normalized spacial score (nSPS) is 49.5. The smallest absolute Gasteiger partial charge is 0.310 e. The first-order valence-corrected chi connectivity index (χ1v) is 10.9. The van der Waals surface area contributed by atoms with Crippen molar-refractivity contribution in [2.75, 3.05) is 6.61 Å². The highest BCUT2D eigenvalue weighted by molar-refractivity contribution is 5.74. The van der Waals surface area contributed by atoms with Gasteiger partial charge >= 0.3 is 5.97 Å². The second-order valence-corrected chi connectivity index (χ2v) is 10.2. The van der Waals surface area contributed by atoms with Crippen LogP contribution < -0.4 is 0 Å². The molecule has 5 rings (SSSR count). The zero-order chi connectivity index (χ0) is 18.5. The molecule has 0 radical (unpaired) electrons. The van der Waals surface area contributed by atoms with Crippen LogP contribution in [0.5, 0.6) is 0 Å². The highest BCUT2D eigenvalue weighted by Gasteiger charge is 2.58. The highest BCUT2D eigenvalue weighted by Crippen LogP contribution is 2.60. The van der Waals surface area contributed by atoms with Crippen LogP contribution in [0.3, 0.4) is 0 Å². The Morgan fingerprint density at radius 2 is 1.69 bits per heavy atom. The van der Waals surface area contributed by atoms with E-state index in [4.69, 9.17) is 9.99 Å². The lowest BCUT2D eigenvalue weighted by Gasteiger charge is -2.59. The van der Waals surface area contributed by atoms with Crippen molar-refractivity contribution in [3.63, 3.8) is 0 Å². The molecule has 5 aliphatic carbocycles. The second kappa shape index (κ2) is 7.09. The van der Waals surface area contributed by atoms with E-state index in [0.717, 1.165) is 31.1 Å². The van der Waals surface area contributed by atoms with Crippen molar-refractivity contribution in [3.8, 4) is 0 Å². The van der Waals surface area contributed by atoms with Gasteiger partial charge in [0.15, 0.2) is 0 Å². The molecule has 1 N–H and O–H groups in total. The topological polar surface area (TPSA) is 55.8 Å². The molecule has 5 saturated carbocycles. The number of hydrogen-bond acceptors (Lipinski definition) is 4. The molecule has 0 spiro atoms. The summed E-state index contributed by atoms with van der Waals surface area (Å²) in [5, 5.41) is 9.05. The zero-order valence-corrected chi connectivity index (χ0v) is 16.7. The third kappa shape index (κ3) is 3.01. The van der Waals surface area contributed by atoms with Gasteiger partial charge in [0, 0.05) is 5.92 Å². The van der Waals surface area contributed by atoms with E-state index in [1.165, 1.54) is 32.1 Å². The number of hydrogen-bond donors (Lipinski definition) is 1. The first kappa shape index (κ1) is 18.7. The third-order valence-electron chi connectivity index (χ3n) is 8.65. The van der Waals surface area contributed by atoms with Gasteiger partial charge in [-0.2, -0.15) is 0 Å². The van der Waals surface area contributed by atoms with Crippen LogP contribution in [0.1, 0.15) is 72.1 Å². The molecule has 0 heterocycles. The molecule has 4 heteroatoms. The first-order chi connectivity index (χ1) is 12.5.